The van der Waals surface area contributed by atoms with Crippen LogP contribution in [0.1, 0.15) is 11.1 Å². The molecular formula is C88H44N8S4. The third kappa shape index (κ3) is 7.84. The first-order valence-corrected chi connectivity index (χ1v) is 36.0. The number of para-hydroxylation sites is 4. The van der Waals surface area contributed by atoms with Crippen LogP contribution in [0.5, 0.6) is 0 Å². The molecule has 8 aromatic heterocycles. The highest BCUT2D eigenvalue weighted by Gasteiger charge is 2.27. The monoisotopic (exact) mass is 1340 g/mol. The van der Waals surface area contributed by atoms with Crippen molar-refractivity contribution < 1.29 is 0 Å². The first kappa shape index (κ1) is 56.3. The van der Waals surface area contributed by atoms with Crippen molar-refractivity contribution in [1.82, 2.24) is 18.3 Å². The maximum absolute atomic E-state index is 10.9. The van der Waals surface area contributed by atoms with Gasteiger partial charge in [-0.05, 0) is 97.1 Å². The summed E-state index contributed by atoms with van der Waals surface area (Å²) in [6.45, 7) is 17.1. The highest BCUT2D eigenvalue weighted by molar-refractivity contribution is 7.27. The van der Waals surface area contributed by atoms with E-state index in [2.05, 4.69) is 258 Å². The zero-order chi connectivity index (χ0) is 66.2. The van der Waals surface area contributed by atoms with Crippen LogP contribution in [-0.4, -0.2) is 18.3 Å². The third-order valence-electron chi connectivity index (χ3n) is 20.3. The van der Waals surface area contributed by atoms with Gasteiger partial charge in [0, 0.05) is 114 Å². The van der Waals surface area contributed by atoms with Gasteiger partial charge < -0.3 is 18.3 Å². The van der Waals surface area contributed by atoms with E-state index in [1.165, 1.54) is 80.7 Å². The van der Waals surface area contributed by atoms with Gasteiger partial charge in [-0.2, -0.15) is 10.5 Å². The van der Waals surface area contributed by atoms with Crippen LogP contribution < -0.4 is 0 Å². The second-order valence-corrected chi connectivity index (χ2v) is 29.6. The van der Waals surface area contributed by atoms with Crippen molar-refractivity contribution in [2.75, 3.05) is 0 Å². The number of hydrogen-bond donors (Lipinski definition) is 0. The molecule has 0 aliphatic carbocycles. The van der Waals surface area contributed by atoms with Crippen molar-refractivity contribution in [3.05, 3.63) is 301 Å². The molecule has 0 saturated carbocycles. The Morgan fingerprint density at radius 1 is 0.250 bits per heavy atom. The summed E-state index contributed by atoms with van der Waals surface area (Å²) in [5.74, 6) is 0. The topological polar surface area (TPSA) is 76.0 Å². The zero-order valence-corrected chi connectivity index (χ0v) is 55.9. The maximum Gasteiger partial charge on any atom is 0.212 e. The second-order valence-electron chi connectivity index (χ2n) is 25.4. The summed E-state index contributed by atoms with van der Waals surface area (Å²) in [5.41, 5.74) is 13.1. The minimum atomic E-state index is 0.491. The van der Waals surface area contributed by atoms with Gasteiger partial charge in [0.25, 0.3) is 0 Å². The Morgan fingerprint density at radius 2 is 0.560 bits per heavy atom. The van der Waals surface area contributed by atoms with E-state index in [9.17, 15) is 10.5 Å². The van der Waals surface area contributed by atoms with Gasteiger partial charge in [-0.1, -0.05) is 170 Å². The fourth-order valence-corrected chi connectivity index (χ4v) is 20.8. The number of nitriles is 2. The lowest BCUT2D eigenvalue weighted by atomic mass is 10.1. The summed E-state index contributed by atoms with van der Waals surface area (Å²) in [6, 6.07) is 98.4. The average molecular weight is 1340 g/mol. The Kier molecular flexibility index (Phi) is 12.0. The van der Waals surface area contributed by atoms with Gasteiger partial charge in [0.2, 0.25) is 11.4 Å². The van der Waals surface area contributed by atoms with E-state index < -0.39 is 0 Å². The molecule has 0 amide bonds. The van der Waals surface area contributed by atoms with Gasteiger partial charge in [-0.25, -0.2) is 9.69 Å². The zero-order valence-electron chi connectivity index (χ0n) is 52.6. The van der Waals surface area contributed by atoms with Crippen molar-refractivity contribution in [3.8, 4) is 34.9 Å². The van der Waals surface area contributed by atoms with E-state index in [1.54, 1.807) is 45.3 Å². The van der Waals surface area contributed by atoms with Crippen LogP contribution in [0.4, 0.5) is 11.4 Å². The molecule has 0 aliphatic heterocycles. The van der Waals surface area contributed by atoms with Crippen molar-refractivity contribution in [2.24, 2.45) is 0 Å². The fraction of sp³-hybridized carbons (Fsp3) is 0. The van der Waals surface area contributed by atoms with Crippen LogP contribution in [0.2, 0.25) is 0 Å². The van der Waals surface area contributed by atoms with E-state index in [0.717, 1.165) is 87.2 Å². The number of thiophene rings is 4. The van der Waals surface area contributed by atoms with Crippen LogP contribution in [-0.2, 0) is 0 Å². The molecule has 0 spiro atoms. The van der Waals surface area contributed by atoms with Gasteiger partial charge in [0.15, 0.2) is 0 Å². The summed E-state index contributed by atoms with van der Waals surface area (Å²) in [4.78, 5) is 8.32. The number of aromatic nitrogens is 4. The molecule has 0 N–H and O–H groups in total. The largest absolute Gasteiger partial charge is 0.319 e. The number of fused-ring (bicyclic) bond motifs is 26. The van der Waals surface area contributed by atoms with Gasteiger partial charge in [0.05, 0.1) is 101 Å². The van der Waals surface area contributed by atoms with Crippen molar-refractivity contribution >= 4 is 225 Å². The fourth-order valence-electron chi connectivity index (χ4n) is 16.1. The number of benzene rings is 14. The Balaban J connectivity index is 0.000000131. The molecule has 0 bridgehead atoms. The Morgan fingerprint density at radius 3 is 0.970 bits per heavy atom. The average Bonchev–Trinajstić information content (AvgIpc) is 1.50. The molecule has 0 aliphatic rings. The molecule has 0 atom stereocenters. The molecule has 0 unspecified atom stereocenters. The minimum absolute atomic E-state index is 0.491. The lowest BCUT2D eigenvalue weighted by Crippen LogP contribution is -2.01. The van der Waals surface area contributed by atoms with Crippen LogP contribution >= 0.6 is 45.3 Å². The van der Waals surface area contributed by atoms with E-state index >= 15 is 0 Å². The molecule has 22 aromatic rings. The minimum Gasteiger partial charge on any atom is -0.319 e. The number of nitrogens with zero attached hydrogens (tertiary/aromatic N) is 8. The molecule has 0 saturated heterocycles. The molecule has 0 fully saturated rings. The lowest BCUT2D eigenvalue weighted by molar-refractivity contribution is 1.14. The Hall–Kier alpha value is -12.9. The molecular weight excluding hydrogens is 1300 g/mol. The first-order valence-electron chi connectivity index (χ1n) is 32.7. The predicted octanol–water partition coefficient (Wildman–Crippen LogP) is 26.1. The Bertz CT molecular complexity index is 7160. The van der Waals surface area contributed by atoms with Crippen molar-refractivity contribution in [2.45, 2.75) is 0 Å². The molecule has 460 valence electrons. The summed E-state index contributed by atoms with van der Waals surface area (Å²) in [6.07, 6.45) is 0. The van der Waals surface area contributed by atoms with E-state index in [0.29, 0.717) is 45.3 Å². The number of rotatable bonds is 4. The van der Waals surface area contributed by atoms with Gasteiger partial charge in [0.1, 0.15) is 12.1 Å². The van der Waals surface area contributed by atoms with E-state index in [-0.39, 0.29) is 0 Å². The highest BCUT2D eigenvalue weighted by atomic mass is 32.1. The molecule has 100 heavy (non-hydrogen) atoms. The van der Waals surface area contributed by atoms with Crippen molar-refractivity contribution in [1.29, 1.82) is 10.5 Å². The number of hydrogen-bond acceptors (Lipinski definition) is 6. The summed E-state index contributed by atoms with van der Waals surface area (Å²) >= 11 is 7.17. The maximum atomic E-state index is 10.9. The van der Waals surface area contributed by atoms with Gasteiger partial charge in [-0.15, -0.1) is 45.3 Å². The van der Waals surface area contributed by atoms with Crippen LogP contribution in [0.25, 0.3) is 200 Å². The molecule has 14 aromatic carbocycles. The summed E-state index contributed by atoms with van der Waals surface area (Å²) < 4.78 is 18.6. The second kappa shape index (κ2) is 21.3. The van der Waals surface area contributed by atoms with Crippen LogP contribution in [0.3, 0.4) is 0 Å². The summed E-state index contributed by atoms with van der Waals surface area (Å²) in [5, 5.41) is 40.4. The van der Waals surface area contributed by atoms with E-state index in [4.69, 9.17) is 13.1 Å². The standard InChI is InChI=1S/2C44H22N4S2/c1-46-34-23-37(47-35-14-6-2-10-26(35)30-21-43-32(19-38(30)47)28-12-4-8-16-41(28)49-43)25(24-45)18-40(34)48-36-15-7-3-11-27(36)31-22-44-33(20-39(31)48)29-13-5-9-17-42(29)50-44;1-46-34-23-37(47-35-14-6-2-10-26(35)30-18-20-32-28-12-4-8-16-39(28)49-43(32)41(30)47)25(24-45)22-38(34)48-36-15-7-3-11-27(36)31-19-21-33-29-13-5-9-17-40(29)50-44(33)42(31)48/h2*2-23H. The Labute approximate surface area is 584 Å². The van der Waals surface area contributed by atoms with Crippen LogP contribution in [0.15, 0.2) is 267 Å². The first-order chi connectivity index (χ1) is 49.4. The van der Waals surface area contributed by atoms with Gasteiger partial charge in [-0.3, -0.25) is 0 Å². The SMILES string of the molecule is [C-]#[N+]c1cc(-n2c3ccccc3c3cc4sc5ccccc5c4cc32)c(C#N)cc1-n1c2ccccc2c2cc3sc4ccccc4c3cc21.[C-]#[N+]c1cc(-n2c3ccccc3c3ccc4c5ccccc5sc4c32)c(C#N)cc1-n1c2ccccc2c2ccc3c4ccccc4sc3c21. The molecule has 8 nitrogen and oxygen atoms in total. The van der Waals surface area contributed by atoms with E-state index in [1.807, 2.05) is 48.5 Å². The lowest BCUT2D eigenvalue weighted by Gasteiger charge is -2.16. The third-order valence-corrected chi connectivity index (χ3v) is 25.0. The molecule has 8 heterocycles. The van der Waals surface area contributed by atoms with Crippen LogP contribution in [0, 0.1) is 35.8 Å². The quantitative estimate of drug-likeness (QED) is 0.165. The predicted molar refractivity (Wildman–Crippen MR) is 424 cm³/mol. The highest BCUT2D eigenvalue weighted by Crippen LogP contribution is 2.50. The van der Waals surface area contributed by atoms with Gasteiger partial charge >= 0.3 is 0 Å². The molecule has 12 heteroatoms. The van der Waals surface area contributed by atoms with Crippen molar-refractivity contribution in [3.63, 3.8) is 0 Å². The normalized spacial score (nSPS) is 12.0. The molecule has 22 rings (SSSR count). The molecule has 0 radical (unpaired) electrons. The smallest absolute Gasteiger partial charge is 0.212 e. The summed E-state index contributed by atoms with van der Waals surface area (Å²) in [7, 11) is 0.